The number of halogens is 2. The number of H-pyrrole nitrogens is 1. The summed E-state index contributed by atoms with van der Waals surface area (Å²) in [5, 5.41) is 9.66. The zero-order chi connectivity index (χ0) is 14.3. The number of nitrogens with zero attached hydrogens (tertiary/aromatic N) is 2. The Morgan fingerprint density at radius 2 is 2.15 bits per heavy atom. The number of fused-ring (bicyclic) bond motifs is 1. The minimum atomic E-state index is -1.03. The van der Waals surface area contributed by atoms with Crippen LogP contribution in [0.3, 0.4) is 0 Å². The average molecular weight is 353 g/mol. The van der Waals surface area contributed by atoms with Crippen LogP contribution >= 0.6 is 27.5 Å². The number of hydrogen-bond acceptors (Lipinski definition) is 3. The van der Waals surface area contributed by atoms with E-state index >= 15 is 0 Å². The Kier molecular flexibility index (Phi) is 3.19. The third-order valence-corrected chi connectivity index (χ3v) is 4.13. The highest BCUT2D eigenvalue weighted by molar-refractivity contribution is 9.10. The maximum Gasteiger partial charge on any atom is 0.338 e. The topological polar surface area (TPSA) is 78.9 Å². The molecule has 0 unspecified atom stereocenters. The fraction of sp³-hybridized carbons (Fsp3) is 0. The number of carboxylic acids is 1. The van der Waals surface area contributed by atoms with Gasteiger partial charge in [-0.25, -0.2) is 14.8 Å². The zero-order valence-corrected chi connectivity index (χ0v) is 12.2. The molecule has 3 rings (SSSR count). The second-order valence-corrected chi connectivity index (χ2v) is 5.28. The van der Waals surface area contributed by atoms with E-state index in [0.717, 1.165) is 4.47 Å². The number of carbonyl (C=O) groups is 1. The Morgan fingerprint density at radius 1 is 1.35 bits per heavy atom. The van der Waals surface area contributed by atoms with Gasteiger partial charge in [-0.3, -0.25) is 0 Å². The van der Waals surface area contributed by atoms with Gasteiger partial charge in [0.1, 0.15) is 5.82 Å². The second-order valence-electron chi connectivity index (χ2n) is 4.05. The van der Waals surface area contributed by atoms with Crippen molar-refractivity contribution in [1.82, 2.24) is 15.0 Å². The number of nitrogens with one attached hydrogen (secondary N) is 1. The van der Waals surface area contributed by atoms with Crippen LogP contribution in [0.4, 0.5) is 0 Å². The lowest BCUT2D eigenvalue weighted by Gasteiger charge is -2.01. The van der Waals surface area contributed by atoms with Crippen molar-refractivity contribution in [2.24, 2.45) is 0 Å². The predicted octanol–water partition coefficient (Wildman–Crippen LogP) is 3.74. The second kappa shape index (κ2) is 4.88. The molecule has 0 fully saturated rings. The van der Waals surface area contributed by atoms with Gasteiger partial charge in [0.15, 0.2) is 5.65 Å². The van der Waals surface area contributed by atoms with Crippen molar-refractivity contribution in [1.29, 1.82) is 0 Å². The summed E-state index contributed by atoms with van der Waals surface area (Å²) >= 11 is 9.56. The first kappa shape index (κ1) is 13.1. The predicted molar refractivity (Wildman–Crippen MR) is 79.0 cm³/mol. The molecule has 0 aliphatic carbocycles. The third kappa shape index (κ3) is 2.07. The van der Waals surface area contributed by atoms with Gasteiger partial charge in [0.05, 0.1) is 16.1 Å². The van der Waals surface area contributed by atoms with Crippen molar-refractivity contribution >= 4 is 44.7 Å². The molecule has 0 amide bonds. The third-order valence-electron chi connectivity index (χ3n) is 2.83. The molecule has 0 saturated heterocycles. The van der Waals surface area contributed by atoms with Crippen molar-refractivity contribution in [3.8, 4) is 11.4 Å². The lowest BCUT2D eigenvalue weighted by molar-refractivity contribution is 0.0699. The first-order valence-electron chi connectivity index (χ1n) is 5.60. The molecule has 0 radical (unpaired) electrons. The van der Waals surface area contributed by atoms with Crippen LogP contribution in [-0.2, 0) is 0 Å². The largest absolute Gasteiger partial charge is 0.478 e. The summed E-state index contributed by atoms with van der Waals surface area (Å²) in [7, 11) is 0. The van der Waals surface area contributed by atoms with E-state index in [1.54, 1.807) is 6.07 Å². The fourth-order valence-corrected chi connectivity index (χ4v) is 2.49. The van der Waals surface area contributed by atoms with Gasteiger partial charge in [0.2, 0.25) is 0 Å². The molecule has 0 aliphatic heterocycles. The Balaban J connectivity index is 2.26. The molecule has 20 heavy (non-hydrogen) atoms. The number of imidazole rings is 1. The molecule has 2 heterocycles. The summed E-state index contributed by atoms with van der Waals surface area (Å²) in [4.78, 5) is 22.5. The molecule has 2 aromatic heterocycles. The number of rotatable bonds is 2. The van der Waals surface area contributed by atoms with E-state index in [-0.39, 0.29) is 5.56 Å². The molecule has 5 nitrogen and oxygen atoms in total. The molecule has 2 N–H and O–H groups in total. The molecule has 100 valence electrons. The van der Waals surface area contributed by atoms with Crippen LogP contribution in [0, 0.1) is 0 Å². The summed E-state index contributed by atoms with van der Waals surface area (Å²) < 4.78 is 0.739. The number of hydrogen-bond donors (Lipinski definition) is 2. The van der Waals surface area contributed by atoms with Crippen molar-refractivity contribution < 1.29 is 9.90 Å². The van der Waals surface area contributed by atoms with Crippen molar-refractivity contribution in [2.45, 2.75) is 0 Å². The quantitative estimate of drug-likeness (QED) is 0.736. The van der Waals surface area contributed by atoms with E-state index < -0.39 is 5.97 Å². The Hall–Kier alpha value is -1.92. The van der Waals surface area contributed by atoms with Gasteiger partial charge in [-0.15, -0.1) is 0 Å². The number of pyridine rings is 1. The fourth-order valence-electron chi connectivity index (χ4n) is 1.90. The molecular weight excluding hydrogens is 346 g/mol. The highest BCUT2D eigenvalue weighted by Gasteiger charge is 2.16. The standard InChI is InChI=1S/C13H7BrClN3O2/c14-8-3-1-2-6(9(8)15)11-17-10-7(13(19)20)4-5-16-12(10)18-11/h1-5H,(H,19,20)(H,16,17,18). The molecule has 1 aromatic carbocycles. The molecule has 7 heteroatoms. The lowest BCUT2D eigenvalue weighted by atomic mass is 10.2. The number of benzene rings is 1. The zero-order valence-electron chi connectivity index (χ0n) is 9.89. The van der Waals surface area contributed by atoms with Crippen LogP contribution in [0.2, 0.25) is 5.02 Å². The first-order chi connectivity index (χ1) is 9.58. The highest BCUT2D eigenvalue weighted by atomic mass is 79.9. The Morgan fingerprint density at radius 3 is 2.90 bits per heavy atom. The van der Waals surface area contributed by atoms with E-state index in [1.807, 2.05) is 12.1 Å². The van der Waals surface area contributed by atoms with Crippen LogP contribution in [0.1, 0.15) is 10.4 Å². The normalized spacial score (nSPS) is 10.9. The summed E-state index contributed by atoms with van der Waals surface area (Å²) in [5.74, 6) is -0.555. The average Bonchev–Trinajstić information content (AvgIpc) is 2.84. The van der Waals surface area contributed by atoms with Crippen LogP contribution < -0.4 is 0 Å². The van der Waals surface area contributed by atoms with Crippen LogP contribution in [0.15, 0.2) is 34.9 Å². The molecule has 3 aromatic rings. The van der Waals surface area contributed by atoms with E-state index in [4.69, 9.17) is 16.7 Å². The smallest absolute Gasteiger partial charge is 0.338 e. The van der Waals surface area contributed by atoms with Crippen LogP contribution in [0.25, 0.3) is 22.6 Å². The minimum Gasteiger partial charge on any atom is -0.478 e. The van der Waals surface area contributed by atoms with E-state index in [0.29, 0.717) is 27.6 Å². The molecular formula is C13H7BrClN3O2. The van der Waals surface area contributed by atoms with Gasteiger partial charge in [0.25, 0.3) is 0 Å². The summed E-state index contributed by atoms with van der Waals surface area (Å²) in [5.41, 5.74) is 1.53. The van der Waals surface area contributed by atoms with Crippen molar-refractivity contribution in [3.63, 3.8) is 0 Å². The molecule has 0 atom stereocenters. The monoisotopic (exact) mass is 351 g/mol. The maximum atomic E-state index is 11.2. The van der Waals surface area contributed by atoms with Gasteiger partial charge in [0, 0.05) is 16.2 Å². The van der Waals surface area contributed by atoms with E-state index in [2.05, 4.69) is 30.9 Å². The molecule has 0 saturated carbocycles. The molecule has 0 spiro atoms. The van der Waals surface area contributed by atoms with Crippen LogP contribution in [-0.4, -0.2) is 26.0 Å². The number of aromatic amines is 1. The Labute approximate surface area is 126 Å². The number of aromatic carboxylic acids is 1. The summed E-state index contributed by atoms with van der Waals surface area (Å²) in [6, 6.07) is 6.86. The first-order valence-corrected chi connectivity index (χ1v) is 6.77. The van der Waals surface area contributed by atoms with Crippen molar-refractivity contribution in [3.05, 3.63) is 45.5 Å². The van der Waals surface area contributed by atoms with Gasteiger partial charge in [-0.2, -0.15) is 0 Å². The highest BCUT2D eigenvalue weighted by Crippen LogP contribution is 2.33. The van der Waals surface area contributed by atoms with Gasteiger partial charge in [-0.1, -0.05) is 17.7 Å². The van der Waals surface area contributed by atoms with Crippen molar-refractivity contribution in [2.75, 3.05) is 0 Å². The van der Waals surface area contributed by atoms with E-state index in [1.165, 1.54) is 12.3 Å². The minimum absolute atomic E-state index is 0.125. The number of carboxylic acid groups (broad SMARTS) is 1. The van der Waals surface area contributed by atoms with Gasteiger partial charge in [-0.05, 0) is 34.1 Å². The molecule has 0 aliphatic rings. The van der Waals surface area contributed by atoms with Gasteiger partial charge < -0.3 is 10.1 Å². The SMILES string of the molecule is O=C(O)c1ccnc2nc(-c3cccc(Br)c3Cl)[nH]c12. The summed E-state index contributed by atoms with van der Waals surface area (Å²) in [6.07, 6.45) is 1.42. The summed E-state index contributed by atoms with van der Waals surface area (Å²) in [6.45, 7) is 0. The maximum absolute atomic E-state index is 11.2. The van der Waals surface area contributed by atoms with Gasteiger partial charge >= 0.3 is 5.97 Å². The number of aromatic nitrogens is 3. The Bertz CT molecular complexity index is 832. The van der Waals surface area contributed by atoms with Crippen LogP contribution in [0.5, 0.6) is 0 Å². The lowest BCUT2D eigenvalue weighted by Crippen LogP contribution is -1.97. The molecule has 0 bridgehead atoms. The van der Waals surface area contributed by atoms with E-state index in [9.17, 15) is 4.79 Å².